The Morgan fingerprint density at radius 3 is 2.68 bits per heavy atom. The summed E-state index contributed by atoms with van der Waals surface area (Å²) in [5.41, 5.74) is 1.49. The van der Waals surface area contributed by atoms with Crippen LogP contribution in [0.2, 0.25) is 0 Å². The highest BCUT2D eigenvalue weighted by atomic mass is 16.4. The molecule has 0 aromatic heterocycles. The third-order valence-electron chi connectivity index (χ3n) is 9.56. The van der Waals surface area contributed by atoms with Crippen molar-refractivity contribution in [1.29, 1.82) is 0 Å². The Labute approximate surface area is 168 Å². The van der Waals surface area contributed by atoms with E-state index in [9.17, 15) is 14.7 Å². The predicted molar refractivity (Wildman–Crippen MR) is 108 cm³/mol. The lowest BCUT2D eigenvalue weighted by molar-refractivity contribution is -0.137. The number of carbonyl (C=O) groups excluding carboxylic acids is 1. The quantitative estimate of drug-likeness (QED) is 0.738. The van der Waals surface area contributed by atoms with E-state index in [0.29, 0.717) is 42.4 Å². The zero-order valence-electron chi connectivity index (χ0n) is 17.6. The summed E-state index contributed by atoms with van der Waals surface area (Å²) in [5.74, 6) is 1.83. The zero-order valence-corrected chi connectivity index (χ0v) is 17.6. The monoisotopic (exact) mass is 388 g/mol. The molecule has 0 bridgehead atoms. The number of aliphatic carboxylic acids is 1. The Kier molecular flexibility index (Phi) is 5.01. The fourth-order valence-electron chi connectivity index (χ4n) is 8.05. The minimum absolute atomic E-state index is 0.0755. The van der Waals surface area contributed by atoms with Crippen LogP contribution in [0.3, 0.4) is 0 Å². The maximum absolute atomic E-state index is 12.0. The van der Waals surface area contributed by atoms with Crippen LogP contribution in [0.1, 0.15) is 78.6 Å². The normalized spacial score (nSPS) is 46.2. The lowest BCUT2D eigenvalue weighted by Crippen LogP contribution is -2.55. The van der Waals surface area contributed by atoms with Gasteiger partial charge in [-0.15, -0.1) is 0 Å². The minimum Gasteiger partial charge on any atom is -0.481 e. The molecule has 2 N–H and O–H groups in total. The third-order valence-corrected chi connectivity index (χ3v) is 9.56. The summed E-state index contributed by atoms with van der Waals surface area (Å²) in [6.07, 6.45) is 9.39. The summed E-state index contributed by atoms with van der Waals surface area (Å²) in [6, 6.07) is 0. The smallest absolute Gasteiger partial charge is 0.303 e. The fraction of sp³-hybridized carbons (Fsp3) is 0.833. The van der Waals surface area contributed by atoms with Crippen molar-refractivity contribution in [3.05, 3.63) is 11.6 Å². The van der Waals surface area contributed by atoms with Crippen LogP contribution in [0.15, 0.2) is 11.6 Å². The molecular formula is C24H36O4. The zero-order chi connectivity index (χ0) is 20.3. The molecule has 28 heavy (non-hydrogen) atoms. The largest absolute Gasteiger partial charge is 0.481 e. The van der Waals surface area contributed by atoms with Gasteiger partial charge in [0.25, 0.3) is 0 Å². The van der Waals surface area contributed by atoms with Gasteiger partial charge in [0.2, 0.25) is 0 Å². The van der Waals surface area contributed by atoms with Crippen LogP contribution in [0.4, 0.5) is 0 Å². The molecule has 0 heterocycles. The average Bonchev–Trinajstić information content (AvgIpc) is 2.98. The second-order valence-corrected chi connectivity index (χ2v) is 10.8. The van der Waals surface area contributed by atoms with E-state index in [4.69, 9.17) is 5.11 Å². The van der Waals surface area contributed by atoms with E-state index in [1.165, 1.54) is 12.0 Å². The first-order valence-corrected chi connectivity index (χ1v) is 11.3. The van der Waals surface area contributed by atoms with Crippen molar-refractivity contribution in [3.63, 3.8) is 0 Å². The topological polar surface area (TPSA) is 74.6 Å². The van der Waals surface area contributed by atoms with Crippen LogP contribution in [0, 0.1) is 40.4 Å². The molecule has 0 amide bonds. The van der Waals surface area contributed by atoms with E-state index in [0.717, 1.165) is 32.1 Å². The van der Waals surface area contributed by atoms with Crippen LogP contribution in [-0.2, 0) is 9.59 Å². The molecule has 3 fully saturated rings. The van der Waals surface area contributed by atoms with E-state index in [-0.39, 0.29) is 29.1 Å². The minimum atomic E-state index is -0.697. The van der Waals surface area contributed by atoms with E-state index in [2.05, 4.69) is 20.8 Å². The van der Waals surface area contributed by atoms with E-state index in [1.807, 2.05) is 6.08 Å². The molecule has 0 aromatic carbocycles. The van der Waals surface area contributed by atoms with Crippen molar-refractivity contribution in [1.82, 2.24) is 0 Å². The van der Waals surface area contributed by atoms with Crippen LogP contribution in [0.25, 0.3) is 0 Å². The number of ketones is 1. The van der Waals surface area contributed by atoms with Gasteiger partial charge < -0.3 is 10.2 Å². The van der Waals surface area contributed by atoms with Gasteiger partial charge in [-0.1, -0.05) is 26.3 Å². The van der Waals surface area contributed by atoms with Gasteiger partial charge in [0, 0.05) is 12.8 Å². The van der Waals surface area contributed by atoms with Gasteiger partial charge in [-0.25, -0.2) is 0 Å². The molecule has 156 valence electrons. The molecule has 4 nitrogen and oxygen atoms in total. The van der Waals surface area contributed by atoms with Crippen LogP contribution >= 0.6 is 0 Å². The molecule has 8 atom stereocenters. The van der Waals surface area contributed by atoms with E-state index >= 15 is 0 Å². The maximum Gasteiger partial charge on any atom is 0.303 e. The van der Waals surface area contributed by atoms with E-state index < -0.39 is 5.97 Å². The predicted octanol–water partition coefficient (Wildman–Crippen LogP) is 4.61. The summed E-state index contributed by atoms with van der Waals surface area (Å²) in [7, 11) is 0. The standard InChI is InChI=1S/C24H36O4/c1-14(4-7-21(27)28)17-5-6-18-22-19(9-11-24(17,18)3)23(2)10-8-16(25)12-15(23)13-20(22)26/h12,14,17-20,22,26H,4-11,13H2,1-3H3,(H,27,28)/t14-,17-,18+,19+,20?,22+,23+,24-/m1/s1. The van der Waals surface area contributed by atoms with Gasteiger partial charge in [0.05, 0.1) is 6.10 Å². The molecule has 1 unspecified atom stereocenters. The van der Waals surface area contributed by atoms with E-state index in [1.54, 1.807) is 0 Å². The van der Waals surface area contributed by atoms with Gasteiger partial charge in [-0.05, 0) is 91.4 Å². The first kappa shape index (κ1) is 20.1. The first-order valence-electron chi connectivity index (χ1n) is 11.3. The SMILES string of the molecule is C[C@H](CCC(=O)O)[C@H]1CC[C@H]2[C@@H]3C(O)CC4=CC(=O)CC[C@]4(C)[C@H]3CC[C@]12C. The lowest BCUT2D eigenvalue weighted by Gasteiger charge is -2.59. The Hall–Kier alpha value is -1.16. The second-order valence-electron chi connectivity index (χ2n) is 10.8. The Bertz CT molecular complexity index is 697. The van der Waals surface area contributed by atoms with Gasteiger partial charge >= 0.3 is 5.97 Å². The number of hydrogen-bond acceptors (Lipinski definition) is 3. The molecule has 0 spiro atoms. The molecule has 3 saturated carbocycles. The summed E-state index contributed by atoms with van der Waals surface area (Å²) in [5, 5.41) is 20.3. The third kappa shape index (κ3) is 2.98. The number of carbonyl (C=O) groups is 2. The number of rotatable bonds is 4. The van der Waals surface area contributed by atoms with Gasteiger partial charge in [-0.2, -0.15) is 0 Å². The van der Waals surface area contributed by atoms with Gasteiger partial charge in [0.15, 0.2) is 5.78 Å². The summed E-state index contributed by atoms with van der Waals surface area (Å²) >= 11 is 0. The van der Waals surface area contributed by atoms with Crippen molar-refractivity contribution in [3.8, 4) is 0 Å². The molecule has 4 heteroatoms. The summed E-state index contributed by atoms with van der Waals surface area (Å²) in [4.78, 5) is 23.0. The second kappa shape index (κ2) is 6.97. The van der Waals surface area contributed by atoms with Gasteiger partial charge in [0.1, 0.15) is 0 Å². The highest BCUT2D eigenvalue weighted by Crippen LogP contribution is 2.67. The van der Waals surface area contributed by atoms with Crippen molar-refractivity contribution >= 4 is 11.8 Å². The number of carboxylic acids is 1. The molecule has 0 aliphatic heterocycles. The number of aliphatic hydroxyl groups is 1. The van der Waals surface area contributed by atoms with Crippen LogP contribution in [0.5, 0.6) is 0 Å². The number of fused-ring (bicyclic) bond motifs is 5. The molecule has 4 aliphatic carbocycles. The molecule has 4 rings (SSSR count). The van der Waals surface area contributed by atoms with Crippen molar-refractivity contribution in [2.45, 2.75) is 84.7 Å². The van der Waals surface area contributed by atoms with Crippen molar-refractivity contribution in [2.75, 3.05) is 0 Å². The summed E-state index contributed by atoms with van der Waals surface area (Å²) in [6.45, 7) is 7.01. The summed E-state index contributed by atoms with van der Waals surface area (Å²) < 4.78 is 0. The average molecular weight is 389 g/mol. The van der Waals surface area contributed by atoms with Crippen molar-refractivity contribution < 1.29 is 19.8 Å². The molecule has 0 saturated heterocycles. The molecule has 4 aliphatic rings. The highest BCUT2D eigenvalue weighted by molar-refractivity contribution is 5.91. The Balaban J connectivity index is 1.59. The van der Waals surface area contributed by atoms with Crippen LogP contribution in [-0.4, -0.2) is 28.1 Å². The number of carboxylic acid groups (broad SMARTS) is 1. The van der Waals surface area contributed by atoms with Gasteiger partial charge in [-0.3, -0.25) is 9.59 Å². The van der Waals surface area contributed by atoms with Crippen molar-refractivity contribution in [2.24, 2.45) is 40.4 Å². The first-order chi connectivity index (χ1) is 13.2. The molecule has 0 radical (unpaired) electrons. The molecule has 0 aromatic rings. The number of aliphatic hydroxyl groups excluding tert-OH is 1. The lowest BCUT2D eigenvalue weighted by atomic mass is 9.45. The molecular weight excluding hydrogens is 352 g/mol. The maximum atomic E-state index is 12.0. The highest BCUT2D eigenvalue weighted by Gasteiger charge is 2.61. The number of hydrogen-bond donors (Lipinski definition) is 2. The van der Waals surface area contributed by atoms with Crippen LogP contribution < -0.4 is 0 Å². The Morgan fingerprint density at radius 1 is 1.21 bits per heavy atom. The Morgan fingerprint density at radius 2 is 1.96 bits per heavy atom. The fourth-order valence-corrected chi connectivity index (χ4v) is 8.05.